The monoisotopic (exact) mass is 437 g/mol. The van der Waals surface area contributed by atoms with Crippen molar-refractivity contribution < 1.29 is 23.9 Å². The van der Waals surface area contributed by atoms with Crippen molar-refractivity contribution in [3.05, 3.63) is 65.7 Å². The summed E-state index contributed by atoms with van der Waals surface area (Å²) in [7, 11) is 1.53. The smallest absolute Gasteiger partial charge is 0.255 e. The molecule has 0 spiro atoms. The minimum absolute atomic E-state index is 0.0731. The second-order valence-corrected chi connectivity index (χ2v) is 7.17. The SMILES string of the molecule is COc1ccc2c(c1)OCCNC(=O)CN(C(=O)/C=C/c1ccccc1)CCCNC2=O. The van der Waals surface area contributed by atoms with Crippen molar-refractivity contribution in [2.45, 2.75) is 6.42 Å². The van der Waals surface area contributed by atoms with Gasteiger partial charge in [-0.1, -0.05) is 30.3 Å². The lowest BCUT2D eigenvalue weighted by atomic mass is 10.1. The summed E-state index contributed by atoms with van der Waals surface area (Å²) in [4.78, 5) is 39.1. The average molecular weight is 437 g/mol. The van der Waals surface area contributed by atoms with E-state index in [1.807, 2.05) is 30.3 Å². The summed E-state index contributed by atoms with van der Waals surface area (Å²) in [6.07, 6.45) is 3.67. The van der Waals surface area contributed by atoms with Crippen LogP contribution in [0, 0.1) is 0 Å². The lowest BCUT2D eigenvalue weighted by Crippen LogP contribution is -2.42. The molecule has 1 aliphatic heterocycles. The largest absolute Gasteiger partial charge is 0.497 e. The molecule has 0 aliphatic carbocycles. The lowest BCUT2D eigenvalue weighted by molar-refractivity contribution is -0.132. The van der Waals surface area contributed by atoms with Gasteiger partial charge >= 0.3 is 0 Å². The highest BCUT2D eigenvalue weighted by Gasteiger charge is 2.18. The summed E-state index contributed by atoms with van der Waals surface area (Å²) in [5.74, 6) is 0.138. The van der Waals surface area contributed by atoms with Crippen LogP contribution in [-0.4, -0.2) is 62.5 Å². The van der Waals surface area contributed by atoms with Gasteiger partial charge in [-0.15, -0.1) is 0 Å². The predicted octanol–water partition coefficient (Wildman–Crippen LogP) is 1.87. The molecular weight excluding hydrogens is 410 g/mol. The van der Waals surface area contributed by atoms with Gasteiger partial charge < -0.3 is 25.0 Å². The van der Waals surface area contributed by atoms with E-state index in [9.17, 15) is 14.4 Å². The first kappa shape index (κ1) is 22.9. The minimum Gasteiger partial charge on any atom is -0.497 e. The normalized spacial score (nSPS) is 15.7. The maximum Gasteiger partial charge on any atom is 0.255 e. The van der Waals surface area contributed by atoms with E-state index in [-0.39, 0.29) is 37.4 Å². The molecule has 0 aromatic heterocycles. The first-order chi connectivity index (χ1) is 15.6. The number of nitrogens with one attached hydrogen (secondary N) is 2. The van der Waals surface area contributed by atoms with Crippen molar-refractivity contribution >= 4 is 23.8 Å². The molecule has 3 amide bonds. The molecular formula is C24H27N3O5. The van der Waals surface area contributed by atoms with E-state index in [1.54, 1.807) is 24.3 Å². The highest BCUT2D eigenvalue weighted by molar-refractivity contribution is 5.97. The number of carbonyl (C=O) groups excluding carboxylic acids is 3. The lowest BCUT2D eigenvalue weighted by Gasteiger charge is -2.22. The molecule has 0 unspecified atom stereocenters. The van der Waals surface area contributed by atoms with Crippen molar-refractivity contribution in [2.24, 2.45) is 0 Å². The molecule has 8 heteroatoms. The van der Waals surface area contributed by atoms with Gasteiger partial charge in [-0.3, -0.25) is 14.4 Å². The Morgan fingerprint density at radius 1 is 1.09 bits per heavy atom. The third kappa shape index (κ3) is 6.60. The Morgan fingerprint density at radius 3 is 2.69 bits per heavy atom. The van der Waals surface area contributed by atoms with E-state index in [1.165, 1.54) is 18.1 Å². The Balaban J connectivity index is 1.68. The fraction of sp³-hybridized carbons (Fsp3) is 0.292. The molecule has 0 saturated heterocycles. The number of ether oxygens (including phenoxy) is 2. The van der Waals surface area contributed by atoms with Crippen LogP contribution < -0.4 is 20.1 Å². The predicted molar refractivity (Wildman–Crippen MR) is 121 cm³/mol. The standard InChI is InChI=1S/C24H27N3O5/c1-31-19-9-10-20-21(16-19)32-15-13-25-22(28)17-27(14-5-12-26-24(20)30)23(29)11-8-18-6-3-2-4-7-18/h2-4,6-11,16H,5,12-15,17H2,1H3,(H,25,28)(H,26,30)/b11-8+. The van der Waals surface area contributed by atoms with Crippen molar-refractivity contribution in [1.82, 2.24) is 15.5 Å². The van der Waals surface area contributed by atoms with Crippen LogP contribution in [0.15, 0.2) is 54.6 Å². The Hall–Kier alpha value is -3.81. The number of hydrogen-bond donors (Lipinski definition) is 2. The van der Waals surface area contributed by atoms with Crippen LogP contribution in [-0.2, 0) is 9.59 Å². The fourth-order valence-corrected chi connectivity index (χ4v) is 3.19. The highest BCUT2D eigenvalue weighted by Crippen LogP contribution is 2.25. The molecule has 32 heavy (non-hydrogen) atoms. The molecule has 0 saturated carbocycles. The van der Waals surface area contributed by atoms with Gasteiger partial charge in [0.05, 0.1) is 25.8 Å². The summed E-state index contributed by atoms with van der Waals surface area (Å²) in [6.45, 7) is 1.01. The number of carbonyl (C=O) groups is 3. The van der Waals surface area contributed by atoms with Gasteiger partial charge in [0.2, 0.25) is 11.8 Å². The Bertz CT molecular complexity index is 975. The van der Waals surface area contributed by atoms with Crippen molar-refractivity contribution in [2.75, 3.05) is 39.9 Å². The molecule has 0 bridgehead atoms. The quantitative estimate of drug-likeness (QED) is 0.715. The van der Waals surface area contributed by atoms with Crippen LogP contribution in [0.5, 0.6) is 11.5 Å². The zero-order valence-corrected chi connectivity index (χ0v) is 18.0. The topological polar surface area (TPSA) is 97.0 Å². The third-order valence-corrected chi connectivity index (χ3v) is 4.87. The van der Waals surface area contributed by atoms with E-state index in [4.69, 9.17) is 9.47 Å². The van der Waals surface area contributed by atoms with E-state index < -0.39 is 0 Å². The summed E-state index contributed by atoms with van der Waals surface area (Å²) in [5, 5.41) is 5.59. The van der Waals surface area contributed by atoms with Crippen LogP contribution >= 0.6 is 0 Å². The number of methoxy groups -OCH3 is 1. The van der Waals surface area contributed by atoms with Crippen LogP contribution in [0.1, 0.15) is 22.3 Å². The van der Waals surface area contributed by atoms with Crippen LogP contribution in [0.2, 0.25) is 0 Å². The van der Waals surface area contributed by atoms with Gasteiger partial charge in [0.25, 0.3) is 5.91 Å². The average Bonchev–Trinajstić information content (AvgIpc) is 2.82. The Labute approximate surface area is 187 Å². The molecule has 0 radical (unpaired) electrons. The van der Waals surface area contributed by atoms with Gasteiger partial charge in [-0.25, -0.2) is 0 Å². The highest BCUT2D eigenvalue weighted by atomic mass is 16.5. The van der Waals surface area contributed by atoms with Crippen LogP contribution in [0.25, 0.3) is 6.08 Å². The first-order valence-electron chi connectivity index (χ1n) is 10.4. The molecule has 0 atom stereocenters. The summed E-state index contributed by atoms with van der Waals surface area (Å²) in [6, 6.07) is 14.4. The zero-order valence-electron chi connectivity index (χ0n) is 18.0. The van der Waals surface area contributed by atoms with Crippen LogP contribution in [0.4, 0.5) is 0 Å². The number of amides is 3. The van der Waals surface area contributed by atoms with Gasteiger partial charge in [-0.05, 0) is 30.2 Å². The van der Waals surface area contributed by atoms with E-state index >= 15 is 0 Å². The number of rotatable bonds is 3. The van der Waals surface area contributed by atoms with Crippen molar-refractivity contribution in [1.29, 1.82) is 0 Å². The Kier molecular flexibility index (Phi) is 8.25. The summed E-state index contributed by atoms with van der Waals surface area (Å²) < 4.78 is 10.9. The van der Waals surface area contributed by atoms with Gasteiger partial charge in [-0.2, -0.15) is 0 Å². The second kappa shape index (κ2) is 11.5. The number of hydrogen-bond acceptors (Lipinski definition) is 5. The van der Waals surface area contributed by atoms with E-state index in [0.29, 0.717) is 36.6 Å². The molecule has 3 rings (SSSR count). The van der Waals surface area contributed by atoms with Crippen molar-refractivity contribution in [3.8, 4) is 11.5 Å². The molecule has 0 fully saturated rings. The maximum absolute atomic E-state index is 12.7. The number of benzene rings is 2. The van der Waals surface area contributed by atoms with Crippen molar-refractivity contribution in [3.63, 3.8) is 0 Å². The molecule has 168 valence electrons. The third-order valence-electron chi connectivity index (χ3n) is 4.87. The molecule has 2 aromatic rings. The van der Waals surface area contributed by atoms with Crippen LogP contribution in [0.3, 0.4) is 0 Å². The van der Waals surface area contributed by atoms with E-state index in [0.717, 1.165) is 5.56 Å². The maximum atomic E-state index is 12.7. The summed E-state index contributed by atoms with van der Waals surface area (Å²) >= 11 is 0. The summed E-state index contributed by atoms with van der Waals surface area (Å²) in [5.41, 5.74) is 1.28. The fourth-order valence-electron chi connectivity index (χ4n) is 3.19. The van der Waals surface area contributed by atoms with Gasteiger partial charge in [0, 0.05) is 25.2 Å². The Morgan fingerprint density at radius 2 is 1.91 bits per heavy atom. The van der Waals surface area contributed by atoms with Gasteiger partial charge in [0.1, 0.15) is 18.1 Å². The number of nitrogens with zero attached hydrogens (tertiary/aromatic N) is 1. The van der Waals surface area contributed by atoms with E-state index in [2.05, 4.69) is 10.6 Å². The molecule has 1 heterocycles. The molecule has 2 N–H and O–H groups in total. The molecule has 1 aliphatic rings. The van der Waals surface area contributed by atoms with Gasteiger partial charge in [0.15, 0.2) is 0 Å². The minimum atomic E-state index is -0.276. The molecule has 8 nitrogen and oxygen atoms in total. The zero-order chi connectivity index (χ0) is 22.8. The molecule has 2 aromatic carbocycles. The first-order valence-corrected chi connectivity index (χ1v) is 10.4. The number of fused-ring (bicyclic) bond motifs is 1. The second-order valence-electron chi connectivity index (χ2n) is 7.17.